The van der Waals surface area contributed by atoms with Gasteiger partial charge in [-0.15, -0.1) is 11.8 Å². The van der Waals surface area contributed by atoms with Crippen molar-refractivity contribution in [3.8, 4) is 0 Å². The molecule has 0 fully saturated rings. The first-order valence-corrected chi connectivity index (χ1v) is 9.28. The standard InChI is InChI=1S/C16H16O4S2/c1-12-6-8-13(9-7-12)22(19,20)11-10-21-15-5-3-2-4-14(15)16(17)18/h2-9H,10-11H2,1H3,(H,17,18). The number of carbonyl (C=O) groups is 1. The Hall–Kier alpha value is -1.79. The number of carboxylic acid groups (broad SMARTS) is 1. The Kier molecular flexibility index (Phi) is 5.26. The van der Waals surface area contributed by atoms with E-state index in [2.05, 4.69) is 0 Å². The molecule has 6 heteroatoms. The van der Waals surface area contributed by atoms with Crippen molar-refractivity contribution in [2.75, 3.05) is 11.5 Å². The van der Waals surface area contributed by atoms with E-state index in [1.807, 2.05) is 6.92 Å². The fraction of sp³-hybridized carbons (Fsp3) is 0.188. The van der Waals surface area contributed by atoms with E-state index >= 15 is 0 Å². The molecule has 0 heterocycles. The molecule has 0 bridgehead atoms. The molecule has 2 rings (SSSR count). The topological polar surface area (TPSA) is 71.4 Å². The van der Waals surface area contributed by atoms with Crippen LogP contribution in [0.2, 0.25) is 0 Å². The average molecular weight is 336 g/mol. The number of hydrogen-bond donors (Lipinski definition) is 1. The number of sulfone groups is 1. The summed E-state index contributed by atoms with van der Waals surface area (Å²) in [6, 6.07) is 13.3. The summed E-state index contributed by atoms with van der Waals surface area (Å²) in [6.07, 6.45) is 0. The number of aromatic carboxylic acids is 1. The molecule has 0 unspecified atom stereocenters. The van der Waals surface area contributed by atoms with Crippen LogP contribution in [0.3, 0.4) is 0 Å². The van der Waals surface area contributed by atoms with Gasteiger partial charge in [0.15, 0.2) is 9.84 Å². The predicted octanol–water partition coefficient (Wildman–Crippen LogP) is 3.26. The molecule has 2 aromatic rings. The van der Waals surface area contributed by atoms with Gasteiger partial charge in [-0.05, 0) is 31.2 Å². The fourth-order valence-electron chi connectivity index (χ4n) is 1.89. The maximum absolute atomic E-state index is 12.2. The zero-order valence-electron chi connectivity index (χ0n) is 12.0. The van der Waals surface area contributed by atoms with Crippen LogP contribution in [0.5, 0.6) is 0 Å². The Bertz CT molecular complexity index is 765. The van der Waals surface area contributed by atoms with E-state index in [1.165, 1.54) is 17.8 Å². The second-order valence-electron chi connectivity index (χ2n) is 4.78. The SMILES string of the molecule is Cc1ccc(S(=O)(=O)CCSc2ccccc2C(=O)O)cc1. The lowest BCUT2D eigenvalue weighted by atomic mass is 10.2. The lowest BCUT2D eigenvalue weighted by Crippen LogP contribution is -2.09. The van der Waals surface area contributed by atoms with E-state index in [-0.39, 0.29) is 11.3 Å². The molecule has 22 heavy (non-hydrogen) atoms. The molecule has 0 aliphatic carbocycles. The molecule has 0 radical (unpaired) electrons. The maximum atomic E-state index is 12.2. The van der Waals surface area contributed by atoms with Gasteiger partial charge < -0.3 is 5.11 Å². The number of carboxylic acids is 1. The van der Waals surface area contributed by atoms with Crippen LogP contribution in [0.25, 0.3) is 0 Å². The minimum Gasteiger partial charge on any atom is -0.478 e. The van der Waals surface area contributed by atoms with Gasteiger partial charge in [0.25, 0.3) is 0 Å². The van der Waals surface area contributed by atoms with Crippen LogP contribution in [-0.2, 0) is 9.84 Å². The van der Waals surface area contributed by atoms with Gasteiger partial charge in [-0.3, -0.25) is 0 Å². The molecule has 0 aliphatic heterocycles. The number of rotatable bonds is 6. The Morgan fingerprint density at radius 1 is 1.09 bits per heavy atom. The molecule has 4 nitrogen and oxygen atoms in total. The maximum Gasteiger partial charge on any atom is 0.336 e. The first-order valence-electron chi connectivity index (χ1n) is 6.65. The molecular weight excluding hydrogens is 320 g/mol. The van der Waals surface area contributed by atoms with E-state index in [9.17, 15) is 13.2 Å². The molecule has 116 valence electrons. The molecule has 0 amide bonds. The Morgan fingerprint density at radius 3 is 2.36 bits per heavy atom. The van der Waals surface area contributed by atoms with E-state index < -0.39 is 15.8 Å². The number of benzene rings is 2. The smallest absolute Gasteiger partial charge is 0.336 e. The van der Waals surface area contributed by atoms with Crippen molar-refractivity contribution in [1.29, 1.82) is 0 Å². The van der Waals surface area contributed by atoms with Crippen molar-refractivity contribution in [3.05, 3.63) is 59.7 Å². The van der Waals surface area contributed by atoms with Crippen LogP contribution < -0.4 is 0 Å². The van der Waals surface area contributed by atoms with Crippen LogP contribution in [0.15, 0.2) is 58.3 Å². The van der Waals surface area contributed by atoms with Gasteiger partial charge in [0.05, 0.1) is 16.2 Å². The van der Waals surface area contributed by atoms with E-state index in [4.69, 9.17) is 5.11 Å². The molecule has 0 saturated carbocycles. The summed E-state index contributed by atoms with van der Waals surface area (Å²) in [7, 11) is -3.35. The van der Waals surface area contributed by atoms with E-state index in [1.54, 1.807) is 42.5 Å². The summed E-state index contributed by atoms with van der Waals surface area (Å²) in [5, 5.41) is 9.10. The van der Waals surface area contributed by atoms with Crippen molar-refractivity contribution < 1.29 is 18.3 Å². The van der Waals surface area contributed by atoms with Gasteiger partial charge in [0, 0.05) is 10.6 Å². The van der Waals surface area contributed by atoms with Crippen LogP contribution >= 0.6 is 11.8 Å². The first kappa shape index (κ1) is 16.6. The number of thioether (sulfide) groups is 1. The molecule has 2 aromatic carbocycles. The van der Waals surface area contributed by atoms with Crippen LogP contribution in [-0.4, -0.2) is 31.0 Å². The third kappa shape index (κ3) is 4.11. The highest BCUT2D eigenvalue weighted by Gasteiger charge is 2.15. The monoisotopic (exact) mass is 336 g/mol. The summed E-state index contributed by atoms with van der Waals surface area (Å²) >= 11 is 1.24. The largest absolute Gasteiger partial charge is 0.478 e. The normalized spacial score (nSPS) is 11.3. The molecule has 0 saturated heterocycles. The lowest BCUT2D eigenvalue weighted by Gasteiger charge is -2.07. The van der Waals surface area contributed by atoms with Gasteiger partial charge in [0.2, 0.25) is 0 Å². The second kappa shape index (κ2) is 6.98. The third-order valence-electron chi connectivity index (χ3n) is 3.11. The molecule has 0 spiro atoms. The Morgan fingerprint density at radius 2 is 1.73 bits per heavy atom. The van der Waals surface area contributed by atoms with E-state index in [0.29, 0.717) is 15.5 Å². The predicted molar refractivity (Wildman–Crippen MR) is 87.4 cm³/mol. The van der Waals surface area contributed by atoms with Crippen molar-refractivity contribution in [1.82, 2.24) is 0 Å². The highest BCUT2D eigenvalue weighted by atomic mass is 32.2. The minimum atomic E-state index is -3.35. The lowest BCUT2D eigenvalue weighted by molar-refractivity contribution is 0.0693. The summed E-state index contributed by atoms with van der Waals surface area (Å²) in [5.74, 6) is -0.737. The quantitative estimate of drug-likeness (QED) is 0.820. The van der Waals surface area contributed by atoms with Gasteiger partial charge in [-0.1, -0.05) is 29.8 Å². The zero-order valence-corrected chi connectivity index (χ0v) is 13.7. The fourth-order valence-corrected chi connectivity index (χ4v) is 4.60. The zero-order chi connectivity index (χ0) is 16.2. The van der Waals surface area contributed by atoms with Crippen molar-refractivity contribution >= 4 is 27.6 Å². The minimum absolute atomic E-state index is 0.0331. The molecule has 0 atom stereocenters. The molecular formula is C16H16O4S2. The highest BCUT2D eigenvalue weighted by Crippen LogP contribution is 2.24. The van der Waals surface area contributed by atoms with E-state index in [0.717, 1.165) is 5.56 Å². The van der Waals surface area contributed by atoms with Crippen molar-refractivity contribution in [3.63, 3.8) is 0 Å². The second-order valence-corrected chi connectivity index (χ2v) is 8.03. The summed E-state index contributed by atoms with van der Waals surface area (Å²) in [5.41, 5.74) is 1.20. The van der Waals surface area contributed by atoms with Crippen LogP contribution in [0.4, 0.5) is 0 Å². The summed E-state index contributed by atoms with van der Waals surface area (Å²) in [4.78, 5) is 12.0. The van der Waals surface area contributed by atoms with Crippen molar-refractivity contribution in [2.45, 2.75) is 16.7 Å². The summed E-state index contributed by atoms with van der Waals surface area (Å²) in [6.45, 7) is 1.90. The van der Waals surface area contributed by atoms with Crippen molar-refractivity contribution in [2.24, 2.45) is 0 Å². The summed E-state index contributed by atoms with van der Waals surface area (Å²) < 4.78 is 24.4. The van der Waals surface area contributed by atoms with Crippen LogP contribution in [0.1, 0.15) is 15.9 Å². The third-order valence-corrected chi connectivity index (χ3v) is 6.17. The van der Waals surface area contributed by atoms with Gasteiger partial charge in [-0.2, -0.15) is 0 Å². The van der Waals surface area contributed by atoms with Crippen LogP contribution in [0, 0.1) is 6.92 Å². The van der Waals surface area contributed by atoms with Gasteiger partial charge in [0.1, 0.15) is 0 Å². The molecule has 1 N–H and O–H groups in total. The number of aryl methyl sites for hydroxylation is 1. The Balaban J connectivity index is 2.05. The number of hydrogen-bond acceptors (Lipinski definition) is 4. The van der Waals surface area contributed by atoms with Gasteiger partial charge in [-0.25, -0.2) is 13.2 Å². The molecule has 0 aromatic heterocycles. The molecule has 0 aliphatic rings. The van der Waals surface area contributed by atoms with Gasteiger partial charge >= 0.3 is 5.97 Å². The first-order chi connectivity index (χ1) is 10.4. The Labute approximate surface area is 134 Å². The highest BCUT2D eigenvalue weighted by molar-refractivity contribution is 8.00. The average Bonchev–Trinajstić information content (AvgIpc) is 2.48.